The lowest BCUT2D eigenvalue weighted by Crippen LogP contribution is -2.14. The number of pyridine rings is 1. The molecule has 0 spiro atoms. The number of hydrogen-bond donors (Lipinski definition) is 1. The fourth-order valence-electron chi connectivity index (χ4n) is 2.61. The van der Waals surface area contributed by atoms with Crippen LogP contribution in [0.4, 0.5) is 5.69 Å². The number of amides is 1. The Hall–Kier alpha value is -2.51. The topological polar surface area (TPSA) is 60.5 Å². The molecule has 1 aromatic heterocycles. The van der Waals surface area contributed by atoms with Crippen molar-refractivity contribution in [3.8, 4) is 11.5 Å². The quantitative estimate of drug-likeness (QED) is 0.432. The molecule has 0 unspecified atom stereocenters. The Balaban J connectivity index is 1.86. The second-order valence-corrected chi connectivity index (χ2v) is 7.87. The third-order valence-corrected chi connectivity index (χ3v) is 5.35. The maximum Gasteiger partial charge on any atom is 0.256 e. The molecule has 0 aliphatic rings. The van der Waals surface area contributed by atoms with E-state index in [4.69, 9.17) is 9.47 Å². The summed E-state index contributed by atoms with van der Waals surface area (Å²) >= 11 is 4.82. The first-order chi connectivity index (χ1) is 14.1. The van der Waals surface area contributed by atoms with Crippen molar-refractivity contribution in [2.75, 3.05) is 18.5 Å². The number of rotatable bonds is 8. The second-order valence-electron chi connectivity index (χ2n) is 5.89. The van der Waals surface area contributed by atoms with Crippen LogP contribution in [0.1, 0.15) is 24.2 Å². The molecule has 0 saturated carbocycles. The van der Waals surface area contributed by atoms with Crippen molar-refractivity contribution in [2.24, 2.45) is 0 Å². The van der Waals surface area contributed by atoms with E-state index in [1.165, 1.54) is 11.8 Å². The van der Waals surface area contributed by atoms with Gasteiger partial charge in [-0.25, -0.2) is 4.98 Å². The summed E-state index contributed by atoms with van der Waals surface area (Å²) in [7, 11) is 0. The number of anilines is 1. The Labute approximate surface area is 183 Å². The molecule has 29 heavy (non-hydrogen) atoms. The minimum atomic E-state index is -0.222. The Morgan fingerprint density at radius 2 is 1.86 bits per heavy atom. The monoisotopic (exact) mass is 472 g/mol. The number of carbonyl (C=O) groups excluding carboxylic acids is 1. The molecule has 0 aliphatic carbocycles. The Morgan fingerprint density at radius 3 is 2.59 bits per heavy atom. The lowest BCUT2D eigenvalue weighted by molar-refractivity contribution is 0.102. The summed E-state index contributed by atoms with van der Waals surface area (Å²) in [6, 6.07) is 16.7. The maximum atomic E-state index is 13.1. The molecule has 3 aromatic rings. The molecule has 2 aromatic carbocycles. The Kier molecular flexibility index (Phi) is 7.55. The summed E-state index contributed by atoms with van der Waals surface area (Å²) in [5, 5.41) is 3.77. The SMILES string of the molecule is CCOc1ccc(OCC)c(NC(=O)c2ccccc2Sc2ccc(Br)cn2)c1. The molecule has 5 nitrogen and oxygen atoms in total. The van der Waals surface area contributed by atoms with Gasteiger partial charge in [-0.2, -0.15) is 0 Å². The van der Waals surface area contributed by atoms with E-state index in [0.29, 0.717) is 36.0 Å². The fraction of sp³-hybridized carbons (Fsp3) is 0.182. The zero-order valence-electron chi connectivity index (χ0n) is 16.1. The molecule has 1 N–H and O–H groups in total. The molecule has 0 atom stereocenters. The van der Waals surface area contributed by atoms with Gasteiger partial charge in [0.25, 0.3) is 5.91 Å². The number of nitrogens with zero attached hydrogens (tertiary/aromatic N) is 1. The molecule has 0 fully saturated rings. The van der Waals surface area contributed by atoms with Crippen LogP contribution < -0.4 is 14.8 Å². The average Bonchev–Trinajstić information content (AvgIpc) is 2.72. The van der Waals surface area contributed by atoms with Gasteiger partial charge < -0.3 is 14.8 Å². The Morgan fingerprint density at radius 1 is 1.07 bits per heavy atom. The molecule has 0 saturated heterocycles. The molecule has 0 bridgehead atoms. The first-order valence-corrected chi connectivity index (χ1v) is 10.8. The highest BCUT2D eigenvalue weighted by Gasteiger charge is 2.15. The summed E-state index contributed by atoms with van der Waals surface area (Å²) in [5.41, 5.74) is 1.14. The molecule has 0 radical (unpaired) electrons. The van der Waals surface area contributed by atoms with Gasteiger partial charge in [-0.05, 0) is 66.2 Å². The number of halogens is 1. The van der Waals surface area contributed by atoms with E-state index in [9.17, 15) is 4.79 Å². The van der Waals surface area contributed by atoms with E-state index in [0.717, 1.165) is 14.4 Å². The number of benzene rings is 2. The molecule has 7 heteroatoms. The predicted molar refractivity (Wildman–Crippen MR) is 119 cm³/mol. The highest BCUT2D eigenvalue weighted by Crippen LogP contribution is 2.33. The average molecular weight is 473 g/mol. The van der Waals surface area contributed by atoms with Crippen LogP contribution in [0.2, 0.25) is 0 Å². The zero-order valence-corrected chi connectivity index (χ0v) is 18.5. The van der Waals surface area contributed by atoms with Gasteiger partial charge in [-0.15, -0.1) is 0 Å². The minimum absolute atomic E-state index is 0.222. The van der Waals surface area contributed by atoms with Crippen molar-refractivity contribution in [2.45, 2.75) is 23.8 Å². The van der Waals surface area contributed by atoms with Crippen LogP contribution in [0.25, 0.3) is 0 Å². The van der Waals surface area contributed by atoms with Crippen molar-refractivity contribution >= 4 is 39.3 Å². The lowest BCUT2D eigenvalue weighted by Gasteiger charge is -2.14. The van der Waals surface area contributed by atoms with Gasteiger partial charge in [-0.3, -0.25) is 4.79 Å². The third kappa shape index (κ3) is 5.74. The molecule has 1 heterocycles. The minimum Gasteiger partial charge on any atom is -0.494 e. The molecular weight excluding hydrogens is 452 g/mol. The van der Waals surface area contributed by atoms with Crippen LogP contribution in [0.3, 0.4) is 0 Å². The van der Waals surface area contributed by atoms with Crippen LogP contribution in [0.15, 0.2) is 75.2 Å². The molecule has 3 rings (SSSR count). The predicted octanol–water partition coefficient (Wildman–Crippen LogP) is 6.05. The summed E-state index contributed by atoms with van der Waals surface area (Å²) < 4.78 is 12.1. The highest BCUT2D eigenvalue weighted by molar-refractivity contribution is 9.10. The summed E-state index contributed by atoms with van der Waals surface area (Å²) in [6.45, 7) is 4.86. The smallest absolute Gasteiger partial charge is 0.256 e. The van der Waals surface area contributed by atoms with Crippen LogP contribution >= 0.6 is 27.7 Å². The van der Waals surface area contributed by atoms with Crippen molar-refractivity contribution in [3.05, 3.63) is 70.8 Å². The second kappa shape index (κ2) is 10.3. The van der Waals surface area contributed by atoms with Gasteiger partial charge >= 0.3 is 0 Å². The van der Waals surface area contributed by atoms with Gasteiger partial charge in [0.05, 0.1) is 24.5 Å². The van der Waals surface area contributed by atoms with Gasteiger partial charge in [0, 0.05) is 21.6 Å². The fourth-order valence-corrected chi connectivity index (χ4v) is 3.73. The normalized spacial score (nSPS) is 10.4. The molecular formula is C22H21BrN2O3S. The maximum absolute atomic E-state index is 13.1. The molecule has 150 valence electrons. The number of carbonyl (C=O) groups is 1. The summed E-state index contributed by atoms with van der Waals surface area (Å²) in [6.07, 6.45) is 1.73. The standard InChI is InChI=1S/C22H21BrN2O3S/c1-3-27-16-10-11-19(28-4-2)18(13-16)25-22(26)17-7-5-6-8-20(17)29-21-12-9-15(23)14-24-21/h5-14H,3-4H2,1-2H3,(H,25,26). The van der Waals surface area contributed by atoms with E-state index >= 15 is 0 Å². The number of ether oxygens (including phenoxy) is 2. The van der Waals surface area contributed by atoms with E-state index < -0.39 is 0 Å². The Bertz CT molecular complexity index is 980. The van der Waals surface area contributed by atoms with E-state index in [-0.39, 0.29) is 5.91 Å². The van der Waals surface area contributed by atoms with E-state index in [2.05, 4.69) is 26.2 Å². The van der Waals surface area contributed by atoms with Gasteiger partial charge in [-0.1, -0.05) is 23.9 Å². The zero-order chi connectivity index (χ0) is 20.6. The number of nitrogens with one attached hydrogen (secondary N) is 1. The van der Waals surface area contributed by atoms with Crippen LogP contribution in [0, 0.1) is 0 Å². The first kappa shape index (κ1) is 21.2. The van der Waals surface area contributed by atoms with Crippen molar-refractivity contribution in [3.63, 3.8) is 0 Å². The summed E-state index contributed by atoms with van der Waals surface area (Å²) in [5.74, 6) is 1.05. The highest BCUT2D eigenvalue weighted by atomic mass is 79.9. The van der Waals surface area contributed by atoms with Crippen LogP contribution in [-0.2, 0) is 0 Å². The van der Waals surface area contributed by atoms with E-state index in [1.807, 2.05) is 50.2 Å². The molecule has 1 amide bonds. The van der Waals surface area contributed by atoms with Crippen molar-refractivity contribution < 1.29 is 14.3 Å². The van der Waals surface area contributed by atoms with Crippen LogP contribution in [-0.4, -0.2) is 24.1 Å². The van der Waals surface area contributed by atoms with Gasteiger partial charge in [0.1, 0.15) is 16.5 Å². The van der Waals surface area contributed by atoms with Crippen molar-refractivity contribution in [1.82, 2.24) is 4.98 Å². The lowest BCUT2D eigenvalue weighted by atomic mass is 10.2. The first-order valence-electron chi connectivity index (χ1n) is 9.20. The van der Waals surface area contributed by atoms with Crippen molar-refractivity contribution in [1.29, 1.82) is 0 Å². The van der Waals surface area contributed by atoms with E-state index in [1.54, 1.807) is 24.4 Å². The largest absolute Gasteiger partial charge is 0.494 e. The summed E-state index contributed by atoms with van der Waals surface area (Å²) in [4.78, 5) is 18.3. The van der Waals surface area contributed by atoms with Crippen LogP contribution in [0.5, 0.6) is 11.5 Å². The van der Waals surface area contributed by atoms with Gasteiger partial charge in [0.15, 0.2) is 0 Å². The third-order valence-electron chi connectivity index (χ3n) is 3.86. The number of aromatic nitrogens is 1. The number of hydrogen-bond acceptors (Lipinski definition) is 5. The molecule has 0 aliphatic heterocycles. The van der Waals surface area contributed by atoms with Gasteiger partial charge in [0.2, 0.25) is 0 Å².